The average Bonchev–Trinajstić information content (AvgIpc) is 2.45. The van der Waals surface area contributed by atoms with Gasteiger partial charge in [0.15, 0.2) is 0 Å². The van der Waals surface area contributed by atoms with Crippen molar-refractivity contribution < 1.29 is 16.8 Å². The van der Waals surface area contributed by atoms with Crippen molar-refractivity contribution in [2.75, 3.05) is 13.2 Å². The van der Waals surface area contributed by atoms with Gasteiger partial charge < -0.3 is 0 Å². The van der Waals surface area contributed by atoms with Crippen molar-refractivity contribution in [3.63, 3.8) is 0 Å². The standard InChI is InChI=1S/C16H34O4S.Na.H/c1-3-5-7-9-10-12-14-16-20-21(17,18)19-15-13-11-8-6-4-2;;/h3-16H2,1-2H3;;. The molecule has 0 rings (SSSR count). The minimum atomic E-state index is -3.78. The Morgan fingerprint density at radius 1 is 0.591 bits per heavy atom. The first kappa shape index (κ1) is 25.1. The third kappa shape index (κ3) is 18.9. The zero-order valence-corrected chi connectivity index (χ0v) is 14.8. The first-order valence-electron chi connectivity index (χ1n) is 8.66. The molecule has 0 spiro atoms. The zero-order chi connectivity index (χ0) is 15.8. The van der Waals surface area contributed by atoms with Crippen LogP contribution in [0.5, 0.6) is 0 Å². The van der Waals surface area contributed by atoms with Crippen LogP contribution in [0.3, 0.4) is 0 Å². The second-order valence-electron chi connectivity index (χ2n) is 5.59. The fourth-order valence-corrected chi connectivity index (χ4v) is 2.83. The van der Waals surface area contributed by atoms with E-state index in [9.17, 15) is 8.42 Å². The second kappa shape index (κ2) is 18.2. The molecule has 0 amide bonds. The van der Waals surface area contributed by atoms with E-state index in [1.807, 2.05) is 0 Å². The van der Waals surface area contributed by atoms with Gasteiger partial charge in [-0.05, 0) is 12.8 Å². The Hall–Kier alpha value is 0.870. The van der Waals surface area contributed by atoms with E-state index >= 15 is 0 Å². The molecule has 0 aromatic carbocycles. The average molecular weight is 347 g/mol. The molecule has 0 N–H and O–H groups in total. The maximum absolute atomic E-state index is 11.4. The molecule has 0 aromatic rings. The second-order valence-corrected chi connectivity index (χ2v) is 6.88. The predicted octanol–water partition coefficient (Wildman–Crippen LogP) is 4.34. The van der Waals surface area contributed by atoms with Gasteiger partial charge in [0, 0.05) is 0 Å². The first-order valence-corrected chi connectivity index (χ1v) is 9.99. The molecular formula is C16H35NaO4S. The van der Waals surface area contributed by atoms with Crippen molar-refractivity contribution in [2.24, 2.45) is 0 Å². The summed E-state index contributed by atoms with van der Waals surface area (Å²) < 4.78 is 32.6. The molecule has 6 heteroatoms. The van der Waals surface area contributed by atoms with Crippen LogP contribution in [-0.2, 0) is 18.8 Å². The van der Waals surface area contributed by atoms with Crippen molar-refractivity contribution >= 4 is 40.0 Å². The van der Waals surface area contributed by atoms with Crippen LogP contribution in [0.25, 0.3) is 0 Å². The Labute approximate surface area is 160 Å². The van der Waals surface area contributed by atoms with Crippen LogP contribution in [0, 0.1) is 0 Å². The van der Waals surface area contributed by atoms with Gasteiger partial charge in [0.2, 0.25) is 0 Å². The van der Waals surface area contributed by atoms with Gasteiger partial charge in [0.25, 0.3) is 0 Å². The Kier molecular flexibility index (Phi) is 20.8. The third-order valence-corrected chi connectivity index (χ3v) is 4.36. The summed E-state index contributed by atoms with van der Waals surface area (Å²) in [6, 6.07) is 0. The Bertz CT molecular complexity index is 307. The molecule has 0 radical (unpaired) electrons. The van der Waals surface area contributed by atoms with Crippen molar-refractivity contribution in [3.8, 4) is 0 Å². The van der Waals surface area contributed by atoms with Gasteiger partial charge in [-0.1, -0.05) is 78.1 Å². The molecule has 0 aliphatic heterocycles. The van der Waals surface area contributed by atoms with Gasteiger partial charge in [-0.3, -0.25) is 0 Å². The van der Waals surface area contributed by atoms with Crippen LogP contribution >= 0.6 is 0 Å². The van der Waals surface area contributed by atoms with Crippen LogP contribution in [0.4, 0.5) is 0 Å². The topological polar surface area (TPSA) is 52.6 Å². The Morgan fingerprint density at radius 3 is 1.27 bits per heavy atom. The molecule has 22 heavy (non-hydrogen) atoms. The molecular weight excluding hydrogens is 311 g/mol. The predicted molar refractivity (Wildman–Crippen MR) is 94.7 cm³/mol. The van der Waals surface area contributed by atoms with Crippen molar-refractivity contribution in [1.82, 2.24) is 0 Å². The van der Waals surface area contributed by atoms with Crippen LogP contribution in [0.15, 0.2) is 0 Å². The molecule has 0 saturated carbocycles. The summed E-state index contributed by atoms with van der Waals surface area (Å²) in [6.45, 7) is 4.83. The fraction of sp³-hybridized carbons (Fsp3) is 1.00. The van der Waals surface area contributed by atoms with Gasteiger partial charge in [-0.15, -0.1) is 0 Å². The molecule has 0 unspecified atom stereocenters. The fourth-order valence-electron chi connectivity index (χ4n) is 2.12. The molecule has 0 atom stereocenters. The maximum atomic E-state index is 11.4. The summed E-state index contributed by atoms with van der Waals surface area (Å²) in [5.74, 6) is 0. The monoisotopic (exact) mass is 346 g/mol. The van der Waals surface area contributed by atoms with E-state index < -0.39 is 10.4 Å². The Morgan fingerprint density at radius 2 is 0.909 bits per heavy atom. The van der Waals surface area contributed by atoms with Crippen LogP contribution < -0.4 is 0 Å². The molecule has 0 heterocycles. The summed E-state index contributed by atoms with van der Waals surface area (Å²) in [5.41, 5.74) is 0. The minimum absolute atomic E-state index is 0. The van der Waals surface area contributed by atoms with E-state index in [-0.39, 0.29) is 42.8 Å². The molecule has 0 aliphatic carbocycles. The molecule has 4 nitrogen and oxygen atoms in total. The SMILES string of the molecule is CCCCCCCCCOS(=O)(=O)OCCCCCCC.[NaH]. The number of hydrogen-bond acceptors (Lipinski definition) is 4. The van der Waals surface area contributed by atoms with Gasteiger partial charge in [0.05, 0.1) is 13.2 Å². The molecule has 130 valence electrons. The van der Waals surface area contributed by atoms with E-state index in [1.54, 1.807) is 0 Å². The third-order valence-electron chi connectivity index (χ3n) is 3.45. The van der Waals surface area contributed by atoms with Crippen molar-refractivity contribution in [1.29, 1.82) is 0 Å². The van der Waals surface area contributed by atoms with Gasteiger partial charge >= 0.3 is 40.0 Å². The van der Waals surface area contributed by atoms with Crippen molar-refractivity contribution in [3.05, 3.63) is 0 Å². The molecule has 0 saturated heterocycles. The normalized spacial score (nSPS) is 11.4. The number of rotatable bonds is 16. The van der Waals surface area contributed by atoms with E-state index in [2.05, 4.69) is 13.8 Å². The van der Waals surface area contributed by atoms with Gasteiger partial charge in [0.1, 0.15) is 0 Å². The zero-order valence-electron chi connectivity index (χ0n) is 13.9. The summed E-state index contributed by atoms with van der Waals surface area (Å²) >= 11 is 0. The summed E-state index contributed by atoms with van der Waals surface area (Å²) in [6.07, 6.45) is 13.3. The first-order chi connectivity index (χ1) is 10.1. The van der Waals surface area contributed by atoms with Crippen molar-refractivity contribution in [2.45, 2.75) is 90.9 Å². The number of unbranched alkanes of at least 4 members (excludes halogenated alkanes) is 10. The van der Waals surface area contributed by atoms with Gasteiger partial charge in [-0.25, -0.2) is 8.37 Å². The molecule has 0 aromatic heterocycles. The summed E-state index contributed by atoms with van der Waals surface area (Å²) in [5, 5.41) is 0. The van der Waals surface area contributed by atoms with Crippen LogP contribution in [0.2, 0.25) is 0 Å². The molecule has 0 aliphatic rings. The van der Waals surface area contributed by atoms with E-state index in [0.29, 0.717) is 0 Å². The Balaban J connectivity index is 0. The van der Waals surface area contributed by atoms with E-state index in [1.165, 1.54) is 38.5 Å². The van der Waals surface area contributed by atoms with Crippen LogP contribution in [0.1, 0.15) is 90.9 Å². The van der Waals surface area contributed by atoms with E-state index in [4.69, 9.17) is 8.37 Å². The quantitative estimate of drug-likeness (QED) is 0.308. The summed E-state index contributed by atoms with van der Waals surface area (Å²) in [4.78, 5) is 0. The van der Waals surface area contributed by atoms with E-state index in [0.717, 1.165) is 38.5 Å². The molecule has 0 fully saturated rings. The van der Waals surface area contributed by atoms with Crippen LogP contribution in [-0.4, -0.2) is 51.2 Å². The summed E-state index contributed by atoms with van der Waals surface area (Å²) in [7, 11) is -3.78. The van der Waals surface area contributed by atoms with Gasteiger partial charge in [-0.2, -0.15) is 8.42 Å². The number of hydrogen-bond donors (Lipinski definition) is 0. The molecule has 0 bridgehead atoms.